The number of amides is 1. The fourth-order valence-electron chi connectivity index (χ4n) is 3.00. The maximum Gasteiger partial charge on any atom is 0.230 e. The van der Waals surface area contributed by atoms with Crippen molar-refractivity contribution in [3.8, 4) is 0 Å². The van der Waals surface area contributed by atoms with Crippen molar-refractivity contribution in [3.63, 3.8) is 0 Å². The Morgan fingerprint density at radius 3 is 2.14 bits per heavy atom. The van der Waals surface area contributed by atoms with Crippen LogP contribution in [0.15, 0.2) is 24.3 Å². The first-order valence-electron chi connectivity index (χ1n) is 8.17. The van der Waals surface area contributed by atoms with Gasteiger partial charge in [-0.25, -0.2) is 0 Å². The van der Waals surface area contributed by atoms with Crippen molar-refractivity contribution in [1.82, 2.24) is 5.32 Å². The van der Waals surface area contributed by atoms with Gasteiger partial charge in [0.2, 0.25) is 5.91 Å². The van der Waals surface area contributed by atoms with Crippen molar-refractivity contribution in [2.24, 2.45) is 0 Å². The van der Waals surface area contributed by atoms with Gasteiger partial charge in [0.1, 0.15) is 0 Å². The molecule has 1 aromatic rings. The zero-order chi connectivity index (χ0) is 15.3. The van der Waals surface area contributed by atoms with E-state index < -0.39 is 5.41 Å². The van der Waals surface area contributed by atoms with Crippen molar-refractivity contribution in [2.45, 2.75) is 70.3 Å². The van der Waals surface area contributed by atoms with Gasteiger partial charge in [-0.3, -0.25) is 4.79 Å². The zero-order valence-corrected chi connectivity index (χ0v) is 13.3. The summed E-state index contributed by atoms with van der Waals surface area (Å²) in [7, 11) is 0. The molecule has 2 rings (SSSR count). The van der Waals surface area contributed by atoms with Crippen LogP contribution in [0.5, 0.6) is 0 Å². The van der Waals surface area contributed by atoms with Gasteiger partial charge in [-0.05, 0) is 44.4 Å². The van der Waals surface area contributed by atoms with Gasteiger partial charge in [0.25, 0.3) is 0 Å². The van der Waals surface area contributed by atoms with Gasteiger partial charge in [-0.1, -0.05) is 44.2 Å². The molecule has 1 saturated carbocycles. The van der Waals surface area contributed by atoms with Crippen LogP contribution in [0.1, 0.15) is 64.4 Å². The smallest absolute Gasteiger partial charge is 0.230 e. The first-order valence-corrected chi connectivity index (χ1v) is 8.17. The second kappa shape index (κ2) is 6.97. The number of hydrogen-bond acceptors (Lipinski definition) is 2. The van der Waals surface area contributed by atoms with Crippen LogP contribution >= 0.6 is 0 Å². The van der Waals surface area contributed by atoms with Crippen molar-refractivity contribution in [2.75, 3.05) is 5.73 Å². The molecule has 21 heavy (non-hydrogen) atoms. The Kier molecular flexibility index (Phi) is 5.27. The van der Waals surface area contributed by atoms with Crippen LogP contribution in [-0.4, -0.2) is 11.9 Å². The minimum absolute atomic E-state index is 0.123. The molecule has 1 aliphatic carbocycles. The Hall–Kier alpha value is -1.51. The summed E-state index contributed by atoms with van der Waals surface area (Å²) in [5.41, 5.74) is 6.95. The third-order valence-corrected chi connectivity index (χ3v) is 4.64. The van der Waals surface area contributed by atoms with E-state index in [1.807, 2.05) is 38.1 Å². The number of nitrogens with two attached hydrogens (primary N) is 1. The molecule has 3 nitrogen and oxygen atoms in total. The summed E-state index contributed by atoms with van der Waals surface area (Å²) < 4.78 is 0. The van der Waals surface area contributed by atoms with Crippen LogP contribution in [0, 0.1) is 0 Å². The molecule has 0 bridgehead atoms. The van der Waals surface area contributed by atoms with E-state index in [1.54, 1.807) is 0 Å². The van der Waals surface area contributed by atoms with E-state index in [2.05, 4.69) is 5.32 Å². The molecule has 1 aliphatic rings. The first kappa shape index (κ1) is 15.9. The van der Waals surface area contributed by atoms with Gasteiger partial charge >= 0.3 is 0 Å². The summed E-state index contributed by atoms with van der Waals surface area (Å²) in [6.45, 7) is 3.97. The van der Waals surface area contributed by atoms with Gasteiger partial charge in [0, 0.05) is 11.7 Å². The van der Waals surface area contributed by atoms with E-state index in [1.165, 1.54) is 32.1 Å². The van der Waals surface area contributed by atoms with Gasteiger partial charge in [-0.15, -0.1) is 0 Å². The lowest BCUT2D eigenvalue weighted by atomic mass is 9.83. The van der Waals surface area contributed by atoms with Gasteiger partial charge < -0.3 is 11.1 Å². The standard InChI is InChI=1S/C18H28N2O/c1-18(2,14-10-12-15(19)13-11-14)17(21)20-16-8-6-4-3-5-7-9-16/h10-13,16H,3-9,19H2,1-2H3,(H,20,21). The average molecular weight is 288 g/mol. The maximum atomic E-state index is 12.7. The quantitative estimate of drug-likeness (QED) is 0.832. The molecule has 0 saturated heterocycles. The minimum Gasteiger partial charge on any atom is -0.399 e. The SMILES string of the molecule is CC(C)(C(=O)NC1CCCCCCC1)c1ccc(N)cc1. The highest BCUT2D eigenvalue weighted by Gasteiger charge is 2.31. The zero-order valence-electron chi connectivity index (χ0n) is 13.3. The largest absolute Gasteiger partial charge is 0.399 e. The Morgan fingerprint density at radius 2 is 1.57 bits per heavy atom. The molecule has 3 N–H and O–H groups in total. The van der Waals surface area contributed by atoms with Crippen LogP contribution in [0.4, 0.5) is 5.69 Å². The number of hydrogen-bond donors (Lipinski definition) is 2. The molecule has 3 heteroatoms. The van der Waals surface area contributed by atoms with Crippen molar-refractivity contribution in [3.05, 3.63) is 29.8 Å². The van der Waals surface area contributed by atoms with E-state index in [-0.39, 0.29) is 5.91 Å². The number of benzene rings is 1. The molecule has 0 unspecified atom stereocenters. The number of carbonyl (C=O) groups excluding carboxylic acids is 1. The topological polar surface area (TPSA) is 55.1 Å². The Morgan fingerprint density at radius 1 is 1.05 bits per heavy atom. The molecule has 0 atom stereocenters. The predicted molar refractivity (Wildman–Crippen MR) is 88.1 cm³/mol. The lowest BCUT2D eigenvalue weighted by Gasteiger charge is -2.29. The molecule has 0 aromatic heterocycles. The Labute approximate surface area is 128 Å². The fraction of sp³-hybridized carbons (Fsp3) is 0.611. The van der Waals surface area contributed by atoms with Crippen LogP contribution in [-0.2, 0) is 10.2 Å². The van der Waals surface area contributed by atoms with Gasteiger partial charge in [0.05, 0.1) is 5.41 Å². The maximum absolute atomic E-state index is 12.7. The normalized spacial score (nSPS) is 17.8. The lowest BCUT2D eigenvalue weighted by molar-refractivity contribution is -0.126. The summed E-state index contributed by atoms with van der Waals surface area (Å²) in [4.78, 5) is 12.7. The highest BCUT2D eigenvalue weighted by atomic mass is 16.2. The second-order valence-electron chi connectivity index (χ2n) is 6.76. The first-order chi connectivity index (χ1) is 10.00. The molecule has 1 aromatic carbocycles. The average Bonchev–Trinajstić information content (AvgIpc) is 2.42. The van der Waals surface area contributed by atoms with Gasteiger partial charge in [-0.2, -0.15) is 0 Å². The summed E-state index contributed by atoms with van der Waals surface area (Å²) in [5.74, 6) is 0.123. The van der Waals surface area contributed by atoms with Crippen LogP contribution in [0.3, 0.4) is 0 Å². The third-order valence-electron chi connectivity index (χ3n) is 4.64. The predicted octanol–water partition coefficient (Wildman–Crippen LogP) is 3.78. The van der Waals surface area contributed by atoms with Crippen LogP contribution in [0.25, 0.3) is 0 Å². The van der Waals surface area contributed by atoms with Crippen LogP contribution in [0.2, 0.25) is 0 Å². The summed E-state index contributed by atoms with van der Waals surface area (Å²) >= 11 is 0. The molecule has 1 fully saturated rings. The van der Waals surface area contributed by atoms with E-state index in [0.717, 1.165) is 24.1 Å². The molecule has 0 radical (unpaired) electrons. The molecule has 0 heterocycles. The fourth-order valence-corrected chi connectivity index (χ4v) is 3.00. The van der Waals surface area contributed by atoms with Crippen molar-refractivity contribution in [1.29, 1.82) is 0 Å². The summed E-state index contributed by atoms with van der Waals surface area (Å²) in [6.07, 6.45) is 8.63. The third kappa shape index (κ3) is 4.23. The monoisotopic (exact) mass is 288 g/mol. The number of anilines is 1. The van der Waals surface area contributed by atoms with E-state index in [4.69, 9.17) is 5.73 Å². The molecule has 0 spiro atoms. The van der Waals surface area contributed by atoms with Crippen molar-refractivity contribution >= 4 is 11.6 Å². The molecular weight excluding hydrogens is 260 g/mol. The molecule has 116 valence electrons. The summed E-state index contributed by atoms with van der Waals surface area (Å²) in [5, 5.41) is 3.27. The van der Waals surface area contributed by atoms with Gasteiger partial charge in [0.15, 0.2) is 0 Å². The molecule has 0 aliphatic heterocycles. The highest BCUT2D eigenvalue weighted by Crippen LogP contribution is 2.25. The molecular formula is C18H28N2O. The number of nitrogen functional groups attached to an aromatic ring is 1. The lowest BCUT2D eigenvalue weighted by Crippen LogP contribution is -2.45. The number of nitrogens with one attached hydrogen (secondary N) is 1. The van der Waals surface area contributed by atoms with E-state index in [0.29, 0.717) is 6.04 Å². The number of carbonyl (C=O) groups is 1. The van der Waals surface area contributed by atoms with Crippen LogP contribution < -0.4 is 11.1 Å². The van der Waals surface area contributed by atoms with E-state index >= 15 is 0 Å². The molecule has 1 amide bonds. The number of rotatable bonds is 3. The Balaban J connectivity index is 2.01. The van der Waals surface area contributed by atoms with Crippen molar-refractivity contribution < 1.29 is 4.79 Å². The Bertz CT molecular complexity index is 457. The summed E-state index contributed by atoms with van der Waals surface area (Å²) in [6, 6.07) is 7.96. The second-order valence-corrected chi connectivity index (χ2v) is 6.76. The minimum atomic E-state index is -0.518. The van der Waals surface area contributed by atoms with E-state index in [9.17, 15) is 4.79 Å². The highest BCUT2D eigenvalue weighted by molar-refractivity contribution is 5.87.